The zero-order valence-electron chi connectivity index (χ0n) is 13.0. The molecule has 1 N–H and O–H groups in total. The first-order valence-corrected chi connectivity index (χ1v) is 9.59. The molecule has 0 radical (unpaired) electrons. The molecule has 1 saturated heterocycles. The third-order valence-electron chi connectivity index (χ3n) is 4.36. The van der Waals surface area contributed by atoms with Crippen LogP contribution in [0.15, 0.2) is 30.3 Å². The first-order chi connectivity index (χ1) is 11.0. The number of para-hydroxylation sites is 1. The summed E-state index contributed by atoms with van der Waals surface area (Å²) in [4.78, 5) is 13.8. The van der Waals surface area contributed by atoms with Gasteiger partial charge in [0.05, 0.1) is 5.25 Å². The fourth-order valence-electron chi connectivity index (χ4n) is 2.70. The predicted octanol–water partition coefficient (Wildman–Crippen LogP) is 1.98. The molecule has 1 heterocycles. The van der Waals surface area contributed by atoms with Crippen molar-refractivity contribution >= 4 is 16.1 Å². The van der Waals surface area contributed by atoms with Crippen LogP contribution in [0.25, 0.3) is 0 Å². The molecule has 0 bridgehead atoms. The van der Waals surface area contributed by atoms with Gasteiger partial charge in [-0.2, -0.15) is 0 Å². The molecule has 1 aliphatic carbocycles. The summed E-state index contributed by atoms with van der Waals surface area (Å²) in [6, 6.07) is 9.00. The minimum atomic E-state index is -3.11. The summed E-state index contributed by atoms with van der Waals surface area (Å²) in [5, 5.41) is -0.177. The first-order valence-electron chi connectivity index (χ1n) is 8.05. The number of sulfonamides is 1. The van der Waals surface area contributed by atoms with E-state index in [1.54, 1.807) is 17.0 Å². The molecule has 2 fully saturated rings. The summed E-state index contributed by atoms with van der Waals surface area (Å²) >= 11 is 0. The third kappa shape index (κ3) is 4.45. The highest BCUT2D eigenvalue weighted by molar-refractivity contribution is 7.90. The lowest BCUT2D eigenvalue weighted by molar-refractivity contribution is 0.131. The standard InChI is InChI=1S/C16H22N2O4S/c19-16(22-14-4-2-1-3-5-14)18-10-8-13(9-11-18)12-17-23(20,21)15-6-7-15/h1-5,13,15,17H,6-12H2. The summed E-state index contributed by atoms with van der Waals surface area (Å²) in [5.41, 5.74) is 0. The molecule has 1 aromatic carbocycles. The first kappa shape index (κ1) is 16.3. The summed E-state index contributed by atoms with van der Waals surface area (Å²) in [5.74, 6) is 0.820. The van der Waals surface area contributed by atoms with Crippen molar-refractivity contribution in [3.63, 3.8) is 0 Å². The van der Waals surface area contributed by atoms with E-state index in [0.717, 1.165) is 25.7 Å². The van der Waals surface area contributed by atoms with E-state index in [1.165, 1.54) is 0 Å². The Balaban J connectivity index is 1.42. The van der Waals surface area contributed by atoms with Crippen LogP contribution in [0.3, 0.4) is 0 Å². The molecule has 1 saturated carbocycles. The quantitative estimate of drug-likeness (QED) is 0.891. The number of nitrogens with one attached hydrogen (secondary N) is 1. The van der Waals surface area contributed by atoms with E-state index in [1.807, 2.05) is 18.2 Å². The van der Waals surface area contributed by atoms with Gasteiger partial charge < -0.3 is 9.64 Å². The van der Waals surface area contributed by atoms with E-state index in [0.29, 0.717) is 25.4 Å². The molecule has 0 spiro atoms. The number of rotatable bonds is 5. The highest BCUT2D eigenvalue weighted by atomic mass is 32.2. The van der Waals surface area contributed by atoms with E-state index in [-0.39, 0.29) is 17.3 Å². The topological polar surface area (TPSA) is 75.7 Å². The van der Waals surface area contributed by atoms with Crippen molar-refractivity contribution in [2.45, 2.75) is 30.9 Å². The normalized spacial score (nSPS) is 19.6. The fourth-order valence-corrected chi connectivity index (χ4v) is 4.16. The number of piperidine rings is 1. The Labute approximate surface area is 136 Å². The van der Waals surface area contributed by atoms with Gasteiger partial charge in [-0.3, -0.25) is 0 Å². The number of likely N-dealkylation sites (tertiary alicyclic amines) is 1. The maximum absolute atomic E-state index is 12.1. The van der Waals surface area contributed by atoms with Crippen molar-refractivity contribution in [1.82, 2.24) is 9.62 Å². The Hall–Kier alpha value is -1.60. The van der Waals surface area contributed by atoms with Gasteiger partial charge in [-0.15, -0.1) is 0 Å². The molecular weight excluding hydrogens is 316 g/mol. The van der Waals surface area contributed by atoms with Crippen molar-refractivity contribution < 1.29 is 17.9 Å². The molecule has 0 atom stereocenters. The summed E-state index contributed by atoms with van der Waals surface area (Å²) < 4.78 is 31.7. The Morgan fingerprint density at radius 1 is 1.13 bits per heavy atom. The van der Waals surface area contributed by atoms with Gasteiger partial charge >= 0.3 is 6.09 Å². The van der Waals surface area contributed by atoms with E-state index in [2.05, 4.69) is 4.72 Å². The van der Waals surface area contributed by atoms with Crippen molar-refractivity contribution in [3.05, 3.63) is 30.3 Å². The van der Waals surface area contributed by atoms with Gasteiger partial charge in [-0.1, -0.05) is 18.2 Å². The third-order valence-corrected chi connectivity index (χ3v) is 6.28. The molecule has 0 aromatic heterocycles. The van der Waals surface area contributed by atoms with E-state index < -0.39 is 10.0 Å². The van der Waals surface area contributed by atoms with E-state index in [4.69, 9.17) is 4.74 Å². The van der Waals surface area contributed by atoms with Crippen molar-refractivity contribution in [1.29, 1.82) is 0 Å². The van der Waals surface area contributed by atoms with Gasteiger partial charge in [0, 0.05) is 19.6 Å². The second-order valence-electron chi connectivity index (χ2n) is 6.20. The fraction of sp³-hybridized carbons (Fsp3) is 0.562. The van der Waals surface area contributed by atoms with Gasteiger partial charge in [0.1, 0.15) is 5.75 Å². The number of hydrogen-bond acceptors (Lipinski definition) is 4. The lowest BCUT2D eigenvalue weighted by Crippen LogP contribution is -2.43. The Bertz CT molecular complexity index is 635. The molecule has 7 heteroatoms. The highest BCUT2D eigenvalue weighted by Crippen LogP contribution is 2.28. The second kappa shape index (κ2) is 6.88. The van der Waals surface area contributed by atoms with Crippen molar-refractivity contribution in [3.8, 4) is 5.75 Å². The van der Waals surface area contributed by atoms with Gasteiger partial charge in [-0.05, 0) is 43.7 Å². The van der Waals surface area contributed by atoms with Gasteiger partial charge in [-0.25, -0.2) is 17.9 Å². The predicted molar refractivity (Wildman–Crippen MR) is 86.7 cm³/mol. The van der Waals surface area contributed by atoms with Crippen molar-refractivity contribution in [2.24, 2.45) is 5.92 Å². The Morgan fingerprint density at radius 2 is 1.78 bits per heavy atom. The monoisotopic (exact) mass is 338 g/mol. The summed E-state index contributed by atoms with van der Waals surface area (Å²) in [6.07, 6.45) is 2.79. The lowest BCUT2D eigenvalue weighted by atomic mass is 9.97. The zero-order valence-corrected chi connectivity index (χ0v) is 13.8. The number of carbonyl (C=O) groups is 1. The van der Waals surface area contributed by atoms with Crippen LogP contribution in [0.4, 0.5) is 4.79 Å². The molecule has 2 aliphatic rings. The molecule has 1 amide bonds. The molecule has 1 aliphatic heterocycles. The van der Waals surface area contributed by atoms with Gasteiger partial charge in [0.15, 0.2) is 0 Å². The molecular formula is C16H22N2O4S. The van der Waals surface area contributed by atoms with Gasteiger partial charge in [0.25, 0.3) is 0 Å². The molecule has 1 aromatic rings. The molecule has 6 nitrogen and oxygen atoms in total. The lowest BCUT2D eigenvalue weighted by Gasteiger charge is -2.31. The van der Waals surface area contributed by atoms with Crippen molar-refractivity contribution in [2.75, 3.05) is 19.6 Å². The van der Waals surface area contributed by atoms with Crippen LogP contribution in [-0.4, -0.2) is 44.3 Å². The van der Waals surface area contributed by atoms with Crippen LogP contribution in [0.5, 0.6) is 5.75 Å². The number of ether oxygens (including phenoxy) is 1. The zero-order chi connectivity index (χ0) is 16.3. The Kier molecular flexibility index (Phi) is 4.87. The highest BCUT2D eigenvalue weighted by Gasteiger charge is 2.36. The smallest absolute Gasteiger partial charge is 0.410 e. The minimum Gasteiger partial charge on any atom is -0.410 e. The molecule has 3 rings (SSSR count). The number of benzene rings is 1. The number of hydrogen-bond donors (Lipinski definition) is 1. The number of amides is 1. The number of carbonyl (C=O) groups excluding carboxylic acids is 1. The van der Waals surface area contributed by atoms with Crippen LogP contribution in [-0.2, 0) is 10.0 Å². The van der Waals surface area contributed by atoms with Crippen LogP contribution < -0.4 is 9.46 Å². The van der Waals surface area contributed by atoms with Gasteiger partial charge in [0.2, 0.25) is 10.0 Å². The van der Waals surface area contributed by atoms with Crippen LogP contribution >= 0.6 is 0 Å². The molecule has 23 heavy (non-hydrogen) atoms. The van der Waals surface area contributed by atoms with E-state index in [9.17, 15) is 13.2 Å². The maximum atomic E-state index is 12.1. The molecule has 0 unspecified atom stereocenters. The average molecular weight is 338 g/mol. The Morgan fingerprint density at radius 3 is 2.39 bits per heavy atom. The second-order valence-corrected chi connectivity index (χ2v) is 8.25. The van der Waals surface area contributed by atoms with Crippen LogP contribution in [0.1, 0.15) is 25.7 Å². The summed E-state index contributed by atoms with van der Waals surface area (Å²) in [7, 11) is -3.11. The van der Waals surface area contributed by atoms with Crippen LogP contribution in [0, 0.1) is 5.92 Å². The van der Waals surface area contributed by atoms with E-state index >= 15 is 0 Å². The average Bonchev–Trinajstić information content (AvgIpc) is 3.40. The largest absolute Gasteiger partial charge is 0.415 e. The minimum absolute atomic E-state index is 0.177. The number of nitrogens with zero attached hydrogens (tertiary/aromatic N) is 1. The maximum Gasteiger partial charge on any atom is 0.415 e. The molecule has 126 valence electrons. The SMILES string of the molecule is O=C(Oc1ccccc1)N1CCC(CNS(=O)(=O)C2CC2)CC1. The van der Waals surface area contributed by atoms with Crippen LogP contribution in [0.2, 0.25) is 0 Å². The summed E-state index contributed by atoms with van der Waals surface area (Å²) in [6.45, 7) is 1.67.